The molecule has 0 heterocycles. The second kappa shape index (κ2) is 5.34. The van der Waals surface area contributed by atoms with Crippen LogP contribution in [0.4, 0.5) is 4.39 Å². The molecular weight excluding hydrogens is 203 g/mol. The van der Waals surface area contributed by atoms with Crippen LogP contribution in [-0.4, -0.2) is 22.6 Å². The molecule has 0 saturated carbocycles. The Bertz CT molecular complexity index is 302. The van der Waals surface area contributed by atoms with Gasteiger partial charge in [-0.2, -0.15) is 0 Å². The summed E-state index contributed by atoms with van der Waals surface area (Å²) >= 11 is 1.26. The molecule has 0 spiro atoms. The van der Waals surface area contributed by atoms with E-state index in [0.29, 0.717) is 16.2 Å². The minimum absolute atomic E-state index is 0.0300. The molecule has 0 radical (unpaired) electrons. The van der Waals surface area contributed by atoms with Gasteiger partial charge in [0.05, 0.1) is 12.7 Å². The maximum absolute atomic E-state index is 13.3. The van der Waals surface area contributed by atoms with E-state index in [1.807, 2.05) is 0 Å². The maximum Gasteiger partial charge on any atom is 0.137 e. The molecule has 1 aromatic rings. The van der Waals surface area contributed by atoms with Crippen LogP contribution in [0.3, 0.4) is 0 Å². The highest BCUT2D eigenvalue weighted by Crippen LogP contribution is 2.24. The molecule has 0 aliphatic carbocycles. The number of rotatable bonds is 4. The van der Waals surface area contributed by atoms with Gasteiger partial charge in [-0.3, -0.25) is 0 Å². The molecule has 1 unspecified atom stereocenters. The lowest BCUT2D eigenvalue weighted by Gasteiger charge is -2.07. The van der Waals surface area contributed by atoms with Gasteiger partial charge in [-0.15, -0.1) is 11.8 Å². The highest BCUT2D eigenvalue weighted by molar-refractivity contribution is 7.99. The van der Waals surface area contributed by atoms with Gasteiger partial charge in [0.2, 0.25) is 0 Å². The number of hydrogen-bond acceptors (Lipinski definition) is 3. The third kappa shape index (κ3) is 2.97. The molecule has 0 aromatic heterocycles. The summed E-state index contributed by atoms with van der Waals surface area (Å²) in [5.41, 5.74) is 0.566. The van der Waals surface area contributed by atoms with Crippen LogP contribution in [0.2, 0.25) is 0 Å². The van der Waals surface area contributed by atoms with Gasteiger partial charge in [0.1, 0.15) is 5.82 Å². The van der Waals surface area contributed by atoms with Crippen LogP contribution in [0.5, 0.6) is 0 Å². The predicted molar refractivity (Wildman–Crippen MR) is 54.8 cm³/mol. The van der Waals surface area contributed by atoms with Crippen LogP contribution in [0.1, 0.15) is 18.6 Å². The van der Waals surface area contributed by atoms with Crippen molar-refractivity contribution in [3.63, 3.8) is 0 Å². The van der Waals surface area contributed by atoms with Crippen LogP contribution >= 0.6 is 11.8 Å². The molecule has 1 atom stereocenters. The molecule has 2 N–H and O–H groups in total. The number of halogens is 1. The van der Waals surface area contributed by atoms with Crippen molar-refractivity contribution in [2.45, 2.75) is 17.9 Å². The molecule has 78 valence electrons. The third-order valence-electron chi connectivity index (χ3n) is 1.79. The lowest BCUT2D eigenvalue weighted by Crippen LogP contribution is -1.94. The van der Waals surface area contributed by atoms with E-state index in [9.17, 15) is 9.50 Å². The van der Waals surface area contributed by atoms with E-state index < -0.39 is 6.10 Å². The van der Waals surface area contributed by atoms with Crippen molar-refractivity contribution in [3.05, 3.63) is 29.6 Å². The fourth-order valence-corrected chi connectivity index (χ4v) is 1.72. The number of aliphatic hydroxyl groups excluding tert-OH is 2. The van der Waals surface area contributed by atoms with E-state index >= 15 is 0 Å². The van der Waals surface area contributed by atoms with E-state index in [1.54, 1.807) is 19.1 Å². The Balaban J connectivity index is 2.79. The number of aliphatic hydroxyl groups is 2. The summed E-state index contributed by atoms with van der Waals surface area (Å²) in [7, 11) is 0. The van der Waals surface area contributed by atoms with Gasteiger partial charge in [0.15, 0.2) is 0 Å². The van der Waals surface area contributed by atoms with E-state index in [1.165, 1.54) is 17.8 Å². The van der Waals surface area contributed by atoms with Crippen LogP contribution in [0, 0.1) is 5.82 Å². The van der Waals surface area contributed by atoms with E-state index in [4.69, 9.17) is 5.11 Å². The van der Waals surface area contributed by atoms with E-state index in [2.05, 4.69) is 0 Å². The summed E-state index contributed by atoms with van der Waals surface area (Å²) in [5.74, 6) is 0.132. The lowest BCUT2D eigenvalue weighted by molar-refractivity contribution is 0.198. The van der Waals surface area contributed by atoms with Crippen LogP contribution in [0.15, 0.2) is 23.1 Å². The summed E-state index contributed by atoms with van der Waals surface area (Å²) in [5, 5.41) is 17.8. The Morgan fingerprint density at radius 3 is 2.71 bits per heavy atom. The second-order valence-electron chi connectivity index (χ2n) is 2.94. The van der Waals surface area contributed by atoms with Crippen LogP contribution in [-0.2, 0) is 0 Å². The fourth-order valence-electron chi connectivity index (χ4n) is 1.05. The second-order valence-corrected chi connectivity index (χ2v) is 4.07. The number of benzene rings is 1. The number of hydrogen-bond donors (Lipinski definition) is 2. The molecule has 1 aromatic carbocycles. The van der Waals surface area contributed by atoms with Crippen molar-refractivity contribution in [2.24, 2.45) is 0 Å². The normalized spacial score (nSPS) is 12.9. The molecule has 2 nitrogen and oxygen atoms in total. The molecule has 14 heavy (non-hydrogen) atoms. The van der Waals surface area contributed by atoms with Crippen LogP contribution in [0.25, 0.3) is 0 Å². The highest BCUT2D eigenvalue weighted by Gasteiger charge is 2.06. The largest absolute Gasteiger partial charge is 0.396 e. The van der Waals surface area contributed by atoms with Gasteiger partial charge < -0.3 is 10.2 Å². The predicted octanol–water partition coefficient (Wildman–Crippen LogP) is 1.96. The molecule has 1 rings (SSSR count). The SMILES string of the molecule is CC(O)c1ccc(SCCO)c(F)c1. The summed E-state index contributed by atoms with van der Waals surface area (Å²) < 4.78 is 13.3. The third-order valence-corrected chi connectivity index (χ3v) is 2.82. The van der Waals surface area contributed by atoms with E-state index in [0.717, 1.165) is 0 Å². The minimum Gasteiger partial charge on any atom is -0.396 e. The standard InChI is InChI=1S/C10H13FO2S/c1-7(13)8-2-3-10(9(11)6-8)14-5-4-12/h2-3,6-7,12-13H,4-5H2,1H3. The smallest absolute Gasteiger partial charge is 0.137 e. The van der Waals surface area contributed by atoms with Crippen molar-refractivity contribution >= 4 is 11.8 Å². The molecule has 0 amide bonds. The maximum atomic E-state index is 13.3. The van der Waals surface area contributed by atoms with Gasteiger partial charge in [-0.05, 0) is 24.6 Å². The first-order valence-corrected chi connectivity index (χ1v) is 5.35. The Hall–Kier alpha value is -0.580. The quantitative estimate of drug-likeness (QED) is 0.756. The molecule has 0 fully saturated rings. The monoisotopic (exact) mass is 216 g/mol. The average Bonchev–Trinajstić information content (AvgIpc) is 2.15. The molecule has 0 saturated heterocycles. The van der Waals surface area contributed by atoms with Crippen LogP contribution < -0.4 is 0 Å². The summed E-state index contributed by atoms with van der Waals surface area (Å²) in [6.07, 6.45) is -0.651. The fraction of sp³-hybridized carbons (Fsp3) is 0.400. The topological polar surface area (TPSA) is 40.5 Å². The molecule has 0 aliphatic heterocycles. The van der Waals surface area contributed by atoms with Gasteiger partial charge in [-0.25, -0.2) is 4.39 Å². The van der Waals surface area contributed by atoms with Crippen molar-refractivity contribution in [3.8, 4) is 0 Å². The van der Waals surface area contributed by atoms with Crippen molar-refractivity contribution in [1.29, 1.82) is 0 Å². The highest BCUT2D eigenvalue weighted by atomic mass is 32.2. The van der Waals surface area contributed by atoms with Crippen molar-refractivity contribution in [1.82, 2.24) is 0 Å². The van der Waals surface area contributed by atoms with Gasteiger partial charge in [0, 0.05) is 10.6 Å². The average molecular weight is 216 g/mol. The number of thioether (sulfide) groups is 1. The summed E-state index contributed by atoms with van der Waals surface area (Å²) in [4.78, 5) is 0.503. The summed E-state index contributed by atoms with van der Waals surface area (Å²) in [6.45, 7) is 1.62. The van der Waals surface area contributed by atoms with Crippen molar-refractivity contribution in [2.75, 3.05) is 12.4 Å². The van der Waals surface area contributed by atoms with Gasteiger partial charge in [0.25, 0.3) is 0 Å². The minimum atomic E-state index is -0.651. The Morgan fingerprint density at radius 1 is 1.50 bits per heavy atom. The molecule has 0 aliphatic rings. The van der Waals surface area contributed by atoms with Crippen molar-refractivity contribution < 1.29 is 14.6 Å². The zero-order valence-electron chi connectivity index (χ0n) is 7.90. The Labute approximate surface area is 86.8 Å². The summed E-state index contributed by atoms with van der Waals surface area (Å²) in [6, 6.07) is 4.63. The Morgan fingerprint density at radius 2 is 2.21 bits per heavy atom. The van der Waals surface area contributed by atoms with Gasteiger partial charge >= 0.3 is 0 Å². The first-order valence-electron chi connectivity index (χ1n) is 4.36. The zero-order valence-corrected chi connectivity index (χ0v) is 8.72. The molecule has 0 bridgehead atoms. The first kappa shape index (κ1) is 11.5. The molecule has 4 heteroatoms. The zero-order chi connectivity index (χ0) is 10.6. The Kier molecular flexibility index (Phi) is 4.38. The molecular formula is C10H13FO2S. The van der Waals surface area contributed by atoms with E-state index in [-0.39, 0.29) is 12.4 Å². The first-order chi connectivity index (χ1) is 6.65. The van der Waals surface area contributed by atoms with Gasteiger partial charge in [-0.1, -0.05) is 6.07 Å². The lowest BCUT2D eigenvalue weighted by atomic mass is 10.1.